The molecule has 0 saturated heterocycles. The average Bonchev–Trinajstić information content (AvgIpc) is 2.81. The lowest BCUT2D eigenvalue weighted by Crippen LogP contribution is -2.35. The van der Waals surface area contributed by atoms with Gasteiger partial charge in [0.15, 0.2) is 0 Å². The average molecular weight is 266 g/mol. The van der Waals surface area contributed by atoms with Crippen LogP contribution in [0.2, 0.25) is 0 Å². The second kappa shape index (κ2) is 5.01. The largest absolute Gasteiger partial charge is 0.480 e. The molecule has 8 heteroatoms. The summed E-state index contributed by atoms with van der Waals surface area (Å²) in [4.78, 5) is 24.0. The number of carbonyl (C=O) groups is 2. The van der Waals surface area contributed by atoms with Crippen LogP contribution in [0.5, 0.6) is 0 Å². The number of likely N-dealkylation sites (N-methyl/N-ethyl adjacent to an activating group) is 1. The molecule has 1 heterocycles. The van der Waals surface area contributed by atoms with E-state index in [0.29, 0.717) is 0 Å². The van der Waals surface area contributed by atoms with Crippen molar-refractivity contribution in [2.24, 2.45) is 0 Å². The Kier molecular flexibility index (Phi) is 3.41. The summed E-state index contributed by atoms with van der Waals surface area (Å²) in [7, 11) is 0. The maximum atomic E-state index is 13.4. The van der Waals surface area contributed by atoms with E-state index in [9.17, 15) is 14.0 Å². The second-order valence-electron chi connectivity index (χ2n) is 3.86. The molecule has 1 amide bonds. The molecule has 0 unspecified atom stereocenters. The molecule has 7 nitrogen and oxygen atoms in total. The second-order valence-corrected chi connectivity index (χ2v) is 3.86. The van der Waals surface area contributed by atoms with Gasteiger partial charge in [0, 0.05) is 12.6 Å². The normalized spacial score (nSPS) is 10.6. The summed E-state index contributed by atoms with van der Waals surface area (Å²) in [6.07, 6.45) is 0. The molecule has 0 bridgehead atoms. The maximum absolute atomic E-state index is 13.4. The van der Waals surface area contributed by atoms with Gasteiger partial charge < -0.3 is 10.0 Å². The third-order valence-corrected chi connectivity index (χ3v) is 2.61. The molecule has 19 heavy (non-hydrogen) atoms. The predicted molar refractivity (Wildman–Crippen MR) is 63.1 cm³/mol. The Hall–Kier alpha value is -2.51. The van der Waals surface area contributed by atoms with Gasteiger partial charge in [0.1, 0.15) is 23.4 Å². The Morgan fingerprint density at radius 2 is 2.16 bits per heavy atom. The number of carboxylic acids is 1. The van der Waals surface area contributed by atoms with Crippen molar-refractivity contribution in [2.45, 2.75) is 6.92 Å². The van der Waals surface area contributed by atoms with Gasteiger partial charge in [0.25, 0.3) is 5.91 Å². The van der Waals surface area contributed by atoms with Gasteiger partial charge in [-0.15, -0.1) is 0 Å². The van der Waals surface area contributed by atoms with E-state index in [2.05, 4.69) is 15.4 Å². The van der Waals surface area contributed by atoms with Crippen LogP contribution >= 0.6 is 0 Å². The number of amides is 1. The lowest BCUT2D eigenvalue weighted by Gasteiger charge is -2.18. The van der Waals surface area contributed by atoms with Crippen LogP contribution in [0.3, 0.4) is 0 Å². The zero-order valence-electron chi connectivity index (χ0n) is 10.1. The van der Waals surface area contributed by atoms with Gasteiger partial charge in [-0.25, -0.2) is 4.39 Å². The molecule has 2 N–H and O–H groups in total. The maximum Gasteiger partial charge on any atom is 0.323 e. The summed E-state index contributed by atoms with van der Waals surface area (Å²) in [6, 6.07) is 2.17. The van der Waals surface area contributed by atoms with Crippen molar-refractivity contribution < 1.29 is 19.1 Å². The monoisotopic (exact) mass is 266 g/mol. The summed E-state index contributed by atoms with van der Waals surface area (Å²) in [5.41, 5.74) is 0.428. The van der Waals surface area contributed by atoms with Gasteiger partial charge in [0.2, 0.25) is 0 Å². The van der Waals surface area contributed by atoms with E-state index in [1.165, 1.54) is 0 Å². The number of hydrogen-bond donors (Lipinski definition) is 2. The zero-order valence-corrected chi connectivity index (χ0v) is 10.1. The van der Waals surface area contributed by atoms with Crippen molar-refractivity contribution in [3.63, 3.8) is 0 Å². The van der Waals surface area contributed by atoms with E-state index >= 15 is 0 Å². The highest BCUT2D eigenvalue weighted by Gasteiger charge is 2.21. The lowest BCUT2D eigenvalue weighted by molar-refractivity contribution is -0.137. The molecule has 1 aromatic heterocycles. The minimum atomic E-state index is -1.14. The number of aliphatic carboxylic acids is 1. The fourth-order valence-corrected chi connectivity index (χ4v) is 1.74. The van der Waals surface area contributed by atoms with Gasteiger partial charge in [-0.1, -0.05) is 0 Å². The van der Waals surface area contributed by atoms with Crippen LogP contribution in [0.1, 0.15) is 17.3 Å². The Labute approximate surface area is 107 Å². The molecule has 1 aromatic carbocycles. The number of fused-ring (bicyclic) bond motifs is 1. The number of rotatable bonds is 4. The number of benzene rings is 1. The fraction of sp³-hybridized carbons (Fsp3) is 0.273. The summed E-state index contributed by atoms with van der Waals surface area (Å²) in [5, 5.41) is 18.5. The molecule has 2 aromatic rings. The first-order chi connectivity index (χ1) is 9.02. The summed E-state index contributed by atoms with van der Waals surface area (Å²) >= 11 is 0. The highest BCUT2D eigenvalue weighted by molar-refractivity contribution is 6.05. The van der Waals surface area contributed by atoms with Crippen LogP contribution in [-0.4, -0.2) is 50.4 Å². The topological polar surface area (TPSA) is 99.2 Å². The minimum absolute atomic E-state index is 0.00755. The first-order valence-corrected chi connectivity index (χ1v) is 5.54. The number of carboxylic acid groups (broad SMARTS) is 1. The SMILES string of the molecule is CCN(CC(=O)O)C(=O)c1cc(F)cc2n[nH]nc12. The van der Waals surface area contributed by atoms with Crippen LogP contribution in [0.25, 0.3) is 11.0 Å². The van der Waals surface area contributed by atoms with Crippen LogP contribution in [-0.2, 0) is 4.79 Å². The van der Waals surface area contributed by atoms with Crippen molar-refractivity contribution in [2.75, 3.05) is 13.1 Å². The Morgan fingerprint density at radius 1 is 1.42 bits per heavy atom. The number of nitrogens with one attached hydrogen (secondary N) is 1. The lowest BCUT2D eigenvalue weighted by atomic mass is 10.1. The van der Waals surface area contributed by atoms with Gasteiger partial charge in [-0.2, -0.15) is 15.4 Å². The van der Waals surface area contributed by atoms with E-state index < -0.39 is 24.2 Å². The van der Waals surface area contributed by atoms with E-state index in [-0.39, 0.29) is 23.1 Å². The number of nitrogens with zero attached hydrogens (tertiary/aromatic N) is 3. The van der Waals surface area contributed by atoms with Crippen molar-refractivity contribution in [1.29, 1.82) is 0 Å². The number of hydrogen-bond acceptors (Lipinski definition) is 4. The molecule has 0 aliphatic rings. The highest BCUT2D eigenvalue weighted by atomic mass is 19.1. The van der Waals surface area contributed by atoms with E-state index in [0.717, 1.165) is 17.0 Å². The highest BCUT2D eigenvalue weighted by Crippen LogP contribution is 2.18. The molecular weight excluding hydrogens is 255 g/mol. The van der Waals surface area contributed by atoms with Crippen LogP contribution in [0, 0.1) is 5.82 Å². The molecule has 2 rings (SSSR count). The molecule has 0 atom stereocenters. The molecule has 0 aliphatic heterocycles. The first-order valence-electron chi connectivity index (χ1n) is 5.54. The van der Waals surface area contributed by atoms with Crippen molar-refractivity contribution >= 4 is 22.9 Å². The fourth-order valence-electron chi connectivity index (χ4n) is 1.74. The molecule has 0 saturated carbocycles. The summed E-state index contributed by atoms with van der Waals surface area (Å²) in [6.45, 7) is 1.38. The number of H-pyrrole nitrogens is 1. The van der Waals surface area contributed by atoms with Crippen LogP contribution in [0.15, 0.2) is 12.1 Å². The number of carbonyl (C=O) groups excluding carboxylic acids is 1. The number of aromatic nitrogens is 3. The number of aromatic amines is 1. The van der Waals surface area contributed by atoms with E-state index in [4.69, 9.17) is 5.11 Å². The van der Waals surface area contributed by atoms with Gasteiger partial charge in [-0.05, 0) is 13.0 Å². The minimum Gasteiger partial charge on any atom is -0.480 e. The summed E-state index contributed by atoms with van der Waals surface area (Å²) in [5.74, 6) is -2.36. The van der Waals surface area contributed by atoms with Crippen molar-refractivity contribution in [1.82, 2.24) is 20.3 Å². The van der Waals surface area contributed by atoms with Crippen molar-refractivity contribution in [3.8, 4) is 0 Å². The first kappa shape index (κ1) is 12.9. The van der Waals surface area contributed by atoms with E-state index in [1.807, 2.05) is 0 Å². The number of halogens is 1. The Bertz CT molecular complexity index is 640. The molecule has 0 fully saturated rings. The predicted octanol–water partition coefficient (Wildman–Crippen LogP) is 0.644. The Balaban J connectivity index is 2.45. The van der Waals surface area contributed by atoms with Crippen LogP contribution in [0.4, 0.5) is 4.39 Å². The summed E-state index contributed by atoms with van der Waals surface area (Å²) < 4.78 is 13.4. The smallest absolute Gasteiger partial charge is 0.323 e. The molecule has 0 spiro atoms. The van der Waals surface area contributed by atoms with Crippen LogP contribution < -0.4 is 0 Å². The molecule has 0 radical (unpaired) electrons. The quantitative estimate of drug-likeness (QED) is 0.846. The third kappa shape index (κ3) is 2.51. The Morgan fingerprint density at radius 3 is 2.79 bits per heavy atom. The molecule has 0 aliphatic carbocycles. The van der Waals surface area contributed by atoms with E-state index in [1.54, 1.807) is 6.92 Å². The van der Waals surface area contributed by atoms with Crippen molar-refractivity contribution in [3.05, 3.63) is 23.5 Å². The van der Waals surface area contributed by atoms with Gasteiger partial charge in [0.05, 0.1) is 5.56 Å². The zero-order chi connectivity index (χ0) is 14.0. The molecular formula is C11H11FN4O3. The van der Waals surface area contributed by atoms with Gasteiger partial charge >= 0.3 is 5.97 Å². The van der Waals surface area contributed by atoms with Gasteiger partial charge in [-0.3, -0.25) is 9.59 Å². The molecule has 100 valence electrons. The third-order valence-electron chi connectivity index (χ3n) is 2.61. The standard InChI is InChI=1S/C11H11FN4O3/c1-2-16(5-9(17)18)11(19)7-3-6(12)4-8-10(7)14-15-13-8/h3-4H,2,5H2,1H3,(H,17,18)(H,13,14,15).